The number of hydrogen-bond donors (Lipinski definition) is 3. The highest BCUT2D eigenvalue weighted by molar-refractivity contribution is 7.18. The fraction of sp³-hybridized carbons (Fsp3) is 0.545. The molecule has 0 radical (unpaired) electrons. The van der Waals surface area contributed by atoms with E-state index in [4.69, 9.17) is 5.73 Å². The zero-order chi connectivity index (χ0) is 14.2. The Morgan fingerprint density at radius 1 is 1.58 bits per heavy atom. The standard InChI is InChI=1S/C11H17N5O2S/c1-11(2)9(18)14-4-5-16(11)8(17)6-7(12)15-10(13-3)19-6/h4-5,12H2,1-3H3,(H,13,15)(H,14,18). The van der Waals surface area contributed by atoms with Crippen molar-refractivity contribution < 1.29 is 9.59 Å². The summed E-state index contributed by atoms with van der Waals surface area (Å²) in [6.07, 6.45) is 0. The molecule has 0 saturated carbocycles. The van der Waals surface area contributed by atoms with Crippen molar-refractivity contribution in [3.05, 3.63) is 4.88 Å². The number of anilines is 2. The number of amides is 2. The van der Waals surface area contributed by atoms with Gasteiger partial charge in [-0.05, 0) is 13.8 Å². The van der Waals surface area contributed by atoms with Crippen molar-refractivity contribution in [1.82, 2.24) is 15.2 Å². The van der Waals surface area contributed by atoms with Gasteiger partial charge >= 0.3 is 0 Å². The SMILES string of the molecule is CNc1nc(N)c(C(=O)N2CCNC(=O)C2(C)C)s1. The van der Waals surface area contributed by atoms with Gasteiger partial charge < -0.3 is 21.3 Å². The maximum Gasteiger partial charge on any atom is 0.268 e. The topological polar surface area (TPSA) is 100 Å². The van der Waals surface area contributed by atoms with Gasteiger partial charge in [0.2, 0.25) is 5.91 Å². The summed E-state index contributed by atoms with van der Waals surface area (Å²) in [5, 5.41) is 6.19. The lowest BCUT2D eigenvalue weighted by atomic mass is 9.98. The molecule has 0 spiro atoms. The minimum atomic E-state index is -0.883. The first-order chi connectivity index (χ1) is 8.87. The number of carbonyl (C=O) groups excluding carboxylic acids is 2. The predicted octanol–water partition coefficient (Wildman–Crippen LogP) is 0.118. The van der Waals surface area contributed by atoms with Crippen molar-refractivity contribution in [1.29, 1.82) is 0 Å². The van der Waals surface area contributed by atoms with Crippen LogP contribution >= 0.6 is 11.3 Å². The number of rotatable bonds is 2. The average Bonchev–Trinajstić information content (AvgIpc) is 2.73. The number of carbonyl (C=O) groups is 2. The van der Waals surface area contributed by atoms with Gasteiger partial charge in [0.15, 0.2) is 5.13 Å². The molecule has 0 aliphatic carbocycles. The molecule has 2 heterocycles. The lowest BCUT2D eigenvalue weighted by Crippen LogP contribution is -2.63. The van der Waals surface area contributed by atoms with Crippen molar-refractivity contribution in [2.75, 3.05) is 31.2 Å². The second kappa shape index (κ2) is 4.69. The van der Waals surface area contributed by atoms with E-state index < -0.39 is 5.54 Å². The first-order valence-electron chi connectivity index (χ1n) is 5.92. The summed E-state index contributed by atoms with van der Waals surface area (Å²) in [5.74, 6) is -0.221. The van der Waals surface area contributed by atoms with Crippen molar-refractivity contribution in [3.8, 4) is 0 Å². The van der Waals surface area contributed by atoms with Crippen LogP contribution in [0, 0.1) is 0 Å². The number of hydrogen-bond acceptors (Lipinski definition) is 6. The molecule has 2 rings (SSSR count). The largest absolute Gasteiger partial charge is 0.382 e. The zero-order valence-electron chi connectivity index (χ0n) is 11.1. The molecule has 19 heavy (non-hydrogen) atoms. The summed E-state index contributed by atoms with van der Waals surface area (Å²) < 4.78 is 0. The molecule has 1 aromatic heterocycles. The van der Waals surface area contributed by atoms with E-state index in [2.05, 4.69) is 15.6 Å². The van der Waals surface area contributed by atoms with Crippen LogP contribution in [-0.2, 0) is 4.79 Å². The number of nitrogens with zero attached hydrogens (tertiary/aromatic N) is 2. The number of piperazine rings is 1. The fourth-order valence-electron chi connectivity index (χ4n) is 1.97. The molecule has 104 valence electrons. The Labute approximate surface area is 115 Å². The zero-order valence-corrected chi connectivity index (χ0v) is 11.9. The summed E-state index contributed by atoms with van der Waals surface area (Å²) in [6, 6.07) is 0. The van der Waals surface area contributed by atoms with E-state index >= 15 is 0 Å². The highest BCUT2D eigenvalue weighted by Crippen LogP contribution is 2.29. The predicted molar refractivity (Wildman–Crippen MR) is 74.2 cm³/mol. The van der Waals surface area contributed by atoms with Crippen LogP contribution in [0.2, 0.25) is 0 Å². The van der Waals surface area contributed by atoms with Crippen LogP contribution in [0.15, 0.2) is 0 Å². The van der Waals surface area contributed by atoms with Crippen molar-refractivity contribution in [3.63, 3.8) is 0 Å². The van der Waals surface area contributed by atoms with E-state index in [1.54, 1.807) is 20.9 Å². The Balaban J connectivity index is 2.32. The Morgan fingerprint density at radius 2 is 2.26 bits per heavy atom. The van der Waals surface area contributed by atoms with Gasteiger partial charge in [-0.15, -0.1) is 0 Å². The molecule has 7 nitrogen and oxygen atoms in total. The molecule has 1 saturated heterocycles. The molecule has 1 aromatic rings. The van der Waals surface area contributed by atoms with E-state index in [1.807, 2.05) is 0 Å². The van der Waals surface area contributed by atoms with Gasteiger partial charge in [0.1, 0.15) is 16.2 Å². The minimum Gasteiger partial charge on any atom is -0.382 e. The van der Waals surface area contributed by atoms with Crippen molar-refractivity contribution in [2.24, 2.45) is 0 Å². The van der Waals surface area contributed by atoms with Crippen LogP contribution in [0.3, 0.4) is 0 Å². The second-order valence-corrected chi connectivity index (χ2v) is 5.75. The van der Waals surface area contributed by atoms with E-state index in [0.717, 1.165) is 0 Å². The third-order valence-corrected chi connectivity index (χ3v) is 4.23. The minimum absolute atomic E-state index is 0.163. The van der Waals surface area contributed by atoms with Gasteiger partial charge in [0, 0.05) is 20.1 Å². The van der Waals surface area contributed by atoms with Gasteiger partial charge in [-0.1, -0.05) is 11.3 Å². The fourth-order valence-corrected chi connectivity index (χ4v) is 2.76. The molecule has 1 fully saturated rings. The Bertz CT molecular complexity index is 525. The molecular weight excluding hydrogens is 266 g/mol. The Kier molecular flexibility index (Phi) is 3.36. The highest BCUT2D eigenvalue weighted by atomic mass is 32.1. The summed E-state index contributed by atoms with van der Waals surface area (Å²) in [4.78, 5) is 30.3. The molecule has 0 bridgehead atoms. The van der Waals surface area contributed by atoms with Gasteiger partial charge in [-0.25, -0.2) is 4.98 Å². The van der Waals surface area contributed by atoms with Crippen molar-refractivity contribution >= 4 is 34.1 Å². The quantitative estimate of drug-likeness (QED) is 0.715. The monoisotopic (exact) mass is 283 g/mol. The number of aromatic nitrogens is 1. The lowest BCUT2D eigenvalue weighted by molar-refractivity contribution is -0.133. The molecule has 0 aromatic carbocycles. The third-order valence-electron chi connectivity index (χ3n) is 3.16. The number of nitrogens with one attached hydrogen (secondary N) is 2. The maximum absolute atomic E-state index is 12.5. The summed E-state index contributed by atoms with van der Waals surface area (Å²) in [7, 11) is 1.71. The Morgan fingerprint density at radius 3 is 2.84 bits per heavy atom. The molecule has 4 N–H and O–H groups in total. The van der Waals surface area contributed by atoms with Gasteiger partial charge in [-0.3, -0.25) is 9.59 Å². The number of nitrogen functional groups attached to an aromatic ring is 1. The first-order valence-corrected chi connectivity index (χ1v) is 6.74. The van der Waals surface area contributed by atoms with Crippen LogP contribution in [0.5, 0.6) is 0 Å². The molecule has 1 aliphatic heterocycles. The second-order valence-electron chi connectivity index (χ2n) is 4.76. The highest BCUT2D eigenvalue weighted by Gasteiger charge is 2.41. The summed E-state index contributed by atoms with van der Waals surface area (Å²) >= 11 is 1.19. The first kappa shape index (κ1) is 13.6. The lowest BCUT2D eigenvalue weighted by Gasteiger charge is -2.40. The van der Waals surface area contributed by atoms with E-state index in [9.17, 15) is 9.59 Å². The summed E-state index contributed by atoms with van der Waals surface area (Å²) in [6.45, 7) is 4.35. The van der Waals surface area contributed by atoms with Gasteiger partial charge in [-0.2, -0.15) is 0 Å². The maximum atomic E-state index is 12.5. The molecule has 8 heteroatoms. The van der Waals surface area contributed by atoms with Gasteiger partial charge in [0.25, 0.3) is 5.91 Å². The Hall–Kier alpha value is -1.83. The normalized spacial score (nSPS) is 18.1. The average molecular weight is 283 g/mol. The van der Waals surface area contributed by atoms with Crippen LogP contribution in [0.4, 0.5) is 10.9 Å². The molecular formula is C11H17N5O2S. The van der Waals surface area contributed by atoms with E-state index in [1.165, 1.54) is 16.2 Å². The summed E-state index contributed by atoms with van der Waals surface area (Å²) in [5.41, 5.74) is 4.88. The molecule has 2 amide bonds. The number of nitrogens with two attached hydrogens (primary N) is 1. The van der Waals surface area contributed by atoms with Crippen molar-refractivity contribution in [2.45, 2.75) is 19.4 Å². The van der Waals surface area contributed by atoms with Crippen LogP contribution in [0.1, 0.15) is 23.5 Å². The smallest absolute Gasteiger partial charge is 0.268 e. The van der Waals surface area contributed by atoms with Crippen LogP contribution < -0.4 is 16.4 Å². The molecule has 1 aliphatic rings. The molecule has 0 atom stereocenters. The van der Waals surface area contributed by atoms with Gasteiger partial charge in [0.05, 0.1) is 0 Å². The third kappa shape index (κ3) is 2.23. The number of thiazole rings is 1. The molecule has 0 unspecified atom stereocenters. The van der Waals surface area contributed by atoms with Crippen LogP contribution in [0.25, 0.3) is 0 Å². The van der Waals surface area contributed by atoms with E-state index in [-0.39, 0.29) is 17.6 Å². The van der Waals surface area contributed by atoms with E-state index in [0.29, 0.717) is 23.1 Å². The van der Waals surface area contributed by atoms with Crippen LogP contribution in [-0.4, -0.2) is 47.4 Å².